The molecule has 2 aliphatic rings. The summed E-state index contributed by atoms with van der Waals surface area (Å²) < 4.78 is 5.40. The summed E-state index contributed by atoms with van der Waals surface area (Å²) in [5.74, 6) is 0.980. The second kappa shape index (κ2) is 7.13. The molecule has 18 heavy (non-hydrogen) atoms. The second-order valence-corrected chi connectivity index (χ2v) is 5.75. The Balaban J connectivity index is 1.84. The highest BCUT2D eigenvalue weighted by Crippen LogP contribution is 2.34. The van der Waals surface area contributed by atoms with E-state index >= 15 is 0 Å². The fourth-order valence-corrected chi connectivity index (χ4v) is 3.50. The summed E-state index contributed by atoms with van der Waals surface area (Å²) in [7, 11) is 0. The molecule has 2 rings (SSSR count). The Morgan fingerprint density at radius 1 is 1.17 bits per heavy atom. The van der Waals surface area contributed by atoms with Crippen LogP contribution in [0.3, 0.4) is 0 Å². The van der Waals surface area contributed by atoms with Crippen molar-refractivity contribution in [1.82, 2.24) is 4.90 Å². The Hall–Kier alpha value is -0.570. The van der Waals surface area contributed by atoms with Gasteiger partial charge in [0.15, 0.2) is 0 Å². The number of amides is 1. The number of hydrogen-bond donors (Lipinski definition) is 0. The van der Waals surface area contributed by atoms with Crippen LogP contribution in [-0.4, -0.2) is 36.6 Å². The molecule has 0 radical (unpaired) electrons. The number of hydrogen-bond acceptors (Lipinski definition) is 2. The van der Waals surface area contributed by atoms with Gasteiger partial charge >= 0.3 is 0 Å². The maximum Gasteiger partial charge on any atom is 0.248 e. The quantitative estimate of drug-likeness (QED) is 0.705. The van der Waals surface area contributed by atoms with Gasteiger partial charge in [0.2, 0.25) is 5.91 Å². The van der Waals surface area contributed by atoms with E-state index in [9.17, 15) is 4.79 Å². The summed E-state index contributed by atoms with van der Waals surface area (Å²) in [6.45, 7) is 4.02. The Labute approximate surface area is 111 Å². The van der Waals surface area contributed by atoms with Gasteiger partial charge in [-0.15, -0.1) is 0 Å². The van der Waals surface area contributed by atoms with Gasteiger partial charge in [0.25, 0.3) is 0 Å². The SMILES string of the molecule is CCCOCC(=O)N1CCCC1C1CCCCC1. The van der Waals surface area contributed by atoms with E-state index in [1.807, 2.05) is 0 Å². The van der Waals surface area contributed by atoms with Crippen LogP contribution in [0.2, 0.25) is 0 Å². The van der Waals surface area contributed by atoms with Crippen LogP contribution in [0.4, 0.5) is 0 Å². The lowest BCUT2D eigenvalue weighted by Gasteiger charge is -2.34. The summed E-state index contributed by atoms with van der Waals surface area (Å²) >= 11 is 0. The van der Waals surface area contributed by atoms with Gasteiger partial charge in [-0.2, -0.15) is 0 Å². The summed E-state index contributed by atoms with van der Waals surface area (Å²) in [6, 6.07) is 0.517. The zero-order valence-corrected chi connectivity index (χ0v) is 11.7. The molecule has 3 heteroatoms. The molecule has 0 aromatic carbocycles. The number of rotatable bonds is 5. The average Bonchev–Trinajstić information content (AvgIpc) is 2.89. The molecule has 1 heterocycles. The zero-order chi connectivity index (χ0) is 12.8. The highest BCUT2D eigenvalue weighted by Gasteiger charge is 2.34. The molecule has 3 nitrogen and oxygen atoms in total. The van der Waals surface area contributed by atoms with E-state index < -0.39 is 0 Å². The first-order chi connectivity index (χ1) is 8.83. The highest BCUT2D eigenvalue weighted by molar-refractivity contribution is 5.78. The first kappa shape index (κ1) is 13.9. The normalized spacial score (nSPS) is 25.6. The van der Waals surface area contributed by atoms with Crippen molar-refractivity contribution >= 4 is 5.91 Å². The van der Waals surface area contributed by atoms with Gasteiger partial charge in [0.05, 0.1) is 0 Å². The van der Waals surface area contributed by atoms with Crippen molar-refractivity contribution in [3.63, 3.8) is 0 Å². The summed E-state index contributed by atoms with van der Waals surface area (Å²) in [5, 5.41) is 0. The van der Waals surface area contributed by atoms with Crippen molar-refractivity contribution in [2.75, 3.05) is 19.8 Å². The fraction of sp³-hybridized carbons (Fsp3) is 0.933. The summed E-state index contributed by atoms with van der Waals surface area (Å²) in [4.78, 5) is 14.3. The van der Waals surface area contributed by atoms with E-state index in [2.05, 4.69) is 11.8 Å². The molecule has 1 saturated carbocycles. The molecule has 1 amide bonds. The molecule has 1 aliphatic carbocycles. The van der Waals surface area contributed by atoms with Crippen molar-refractivity contribution in [3.05, 3.63) is 0 Å². The van der Waals surface area contributed by atoms with Gasteiger partial charge in [-0.1, -0.05) is 26.2 Å². The third kappa shape index (κ3) is 3.47. The Morgan fingerprint density at radius 3 is 2.67 bits per heavy atom. The first-order valence-electron chi connectivity index (χ1n) is 7.70. The van der Waals surface area contributed by atoms with Crippen LogP contribution in [0.15, 0.2) is 0 Å². The van der Waals surface area contributed by atoms with Crippen LogP contribution < -0.4 is 0 Å². The lowest BCUT2D eigenvalue weighted by atomic mass is 9.83. The number of carbonyl (C=O) groups is 1. The molecule has 0 aromatic heterocycles. The largest absolute Gasteiger partial charge is 0.372 e. The molecule has 0 bridgehead atoms. The van der Waals surface area contributed by atoms with Crippen LogP contribution in [0.5, 0.6) is 0 Å². The van der Waals surface area contributed by atoms with Crippen molar-refractivity contribution < 1.29 is 9.53 Å². The van der Waals surface area contributed by atoms with Gasteiger partial charge in [-0.3, -0.25) is 4.79 Å². The third-order valence-electron chi connectivity index (χ3n) is 4.39. The maximum atomic E-state index is 12.2. The minimum atomic E-state index is 0.219. The monoisotopic (exact) mass is 253 g/mol. The first-order valence-corrected chi connectivity index (χ1v) is 7.70. The van der Waals surface area contributed by atoms with Gasteiger partial charge in [-0.25, -0.2) is 0 Å². The van der Waals surface area contributed by atoms with Crippen molar-refractivity contribution in [3.8, 4) is 0 Å². The number of carbonyl (C=O) groups excluding carboxylic acids is 1. The number of nitrogens with zero attached hydrogens (tertiary/aromatic N) is 1. The molecule has 104 valence electrons. The maximum absolute atomic E-state index is 12.2. The van der Waals surface area contributed by atoms with Crippen LogP contribution in [0.25, 0.3) is 0 Å². The molecular weight excluding hydrogens is 226 g/mol. The van der Waals surface area contributed by atoms with E-state index in [0.29, 0.717) is 12.6 Å². The minimum Gasteiger partial charge on any atom is -0.372 e. The van der Waals surface area contributed by atoms with Gasteiger partial charge in [0, 0.05) is 19.2 Å². The number of likely N-dealkylation sites (tertiary alicyclic amines) is 1. The Kier molecular flexibility index (Phi) is 5.48. The van der Waals surface area contributed by atoms with Crippen molar-refractivity contribution in [2.24, 2.45) is 5.92 Å². The fourth-order valence-electron chi connectivity index (χ4n) is 3.50. The van der Waals surface area contributed by atoms with E-state index in [4.69, 9.17) is 4.74 Å². The summed E-state index contributed by atoms with van der Waals surface area (Å²) in [6.07, 6.45) is 10.1. The van der Waals surface area contributed by atoms with E-state index in [1.54, 1.807) is 0 Å². The van der Waals surface area contributed by atoms with Crippen molar-refractivity contribution in [2.45, 2.75) is 64.3 Å². The van der Waals surface area contributed by atoms with Gasteiger partial charge < -0.3 is 9.64 Å². The van der Waals surface area contributed by atoms with Gasteiger partial charge in [0.1, 0.15) is 6.61 Å². The Morgan fingerprint density at radius 2 is 1.94 bits per heavy atom. The van der Waals surface area contributed by atoms with E-state index in [0.717, 1.165) is 18.9 Å². The molecule has 0 aromatic rings. The molecule has 0 N–H and O–H groups in total. The zero-order valence-electron chi connectivity index (χ0n) is 11.7. The smallest absolute Gasteiger partial charge is 0.248 e. The minimum absolute atomic E-state index is 0.219. The predicted molar refractivity (Wildman–Crippen MR) is 72.4 cm³/mol. The molecule has 1 aliphatic heterocycles. The molecule has 0 spiro atoms. The molecule has 1 unspecified atom stereocenters. The van der Waals surface area contributed by atoms with Crippen LogP contribution >= 0.6 is 0 Å². The highest BCUT2D eigenvalue weighted by atomic mass is 16.5. The summed E-state index contributed by atoms with van der Waals surface area (Å²) in [5.41, 5.74) is 0. The lowest BCUT2D eigenvalue weighted by Crippen LogP contribution is -2.42. The van der Waals surface area contributed by atoms with Crippen LogP contribution in [-0.2, 0) is 9.53 Å². The van der Waals surface area contributed by atoms with Gasteiger partial charge in [-0.05, 0) is 38.0 Å². The molecule has 1 saturated heterocycles. The topological polar surface area (TPSA) is 29.5 Å². The van der Waals surface area contributed by atoms with Crippen molar-refractivity contribution in [1.29, 1.82) is 0 Å². The molecule has 2 fully saturated rings. The third-order valence-corrected chi connectivity index (χ3v) is 4.39. The van der Waals surface area contributed by atoms with E-state index in [-0.39, 0.29) is 12.5 Å². The molecular formula is C15H27NO2. The van der Waals surface area contributed by atoms with E-state index in [1.165, 1.54) is 44.9 Å². The Bertz CT molecular complexity index is 261. The van der Waals surface area contributed by atoms with Crippen LogP contribution in [0.1, 0.15) is 58.3 Å². The standard InChI is InChI=1S/C15H27NO2/c1-2-11-18-12-15(17)16-10-6-9-14(16)13-7-4-3-5-8-13/h13-14H,2-12H2,1H3. The lowest BCUT2D eigenvalue weighted by molar-refractivity contribution is -0.138. The second-order valence-electron chi connectivity index (χ2n) is 5.75. The molecule has 1 atom stereocenters. The van der Waals surface area contributed by atoms with Crippen LogP contribution in [0, 0.1) is 5.92 Å². The predicted octanol–water partition coefficient (Wildman–Crippen LogP) is 2.98. The number of ether oxygens (including phenoxy) is 1. The average molecular weight is 253 g/mol.